The lowest BCUT2D eigenvalue weighted by Gasteiger charge is -2.25. The summed E-state index contributed by atoms with van der Waals surface area (Å²) in [6.45, 7) is 5.82. The summed E-state index contributed by atoms with van der Waals surface area (Å²) in [4.78, 5) is 97.9. The zero-order valence-electron chi connectivity index (χ0n) is 26.1. The van der Waals surface area contributed by atoms with Crippen LogP contribution in [0.3, 0.4) is 0 Å². The molecule has 1 aromatic rings. The number of carboxylic acids is 2. The van der Waals surface area contributed by atoms with Gasteiger partial charge in [0, 0.05) is 12.8 Å². The molecule has 0 spiro atoms. The monoisotopic (exact) mass is 649 g/mol. The number of carboxylic acid groups (broad SMARTS) is 2. The largest absolute Gasteiger partial charge is 0.481 e. The number of benzene rings is 1. The highest BCUT2D eigenvalue weighted by atomic mass is 16.4. The average molecular weight is 650 g/mol. The van der Waals surface area contributed by atoms with Crippen LogP contribution in [0.1, 0.15) is 52.5 Å². The molecule has 254 valence electrons. The van der Waals surface area contributed by atoms with E-state index in [0.717, 1.165) is 0 Å². The van der Waals surface area contributed by atoms with Gasteiger partial charge in [0.15, 0.2) is 0 Å². The number of aliphatic carboxylic acids is 2. The highest BCUT2D eigenvalue weighted by Gasteiger charge is 2.31. The van der Waals surface area contributed by atoms with Crippen molar-refractivity contribution in [1.82, 2.24) is 26.6 Å². The van der Waals surface area contributed by atoms with Crippen LogP contribution in [0.25, 0.3) is 0 Å². The van der Waals surface area contributed by atoms with Crippen LogP contribution in [-0.4, -0.2) is 93.8 Å². The van der Waals surface area contributed by atoms with Crippen LogP contribution < -0.4 is 38.1 Å². The van der Waals surface area contributed by atoms with Gasteiger partial charge in [-0.05, 0) is 31.7 Å². The molecule has 11 N–H and O–H groups in total. The minimum atomic E-state index is -1.43. The molecule has 17 heteroatoms. The van der Waals surface area contributed by atoms with Crippen LogP contribution in [0.15, 0.2) is 30.3 Å². The third kappa shape index (κ3) is 13.7. The standard InChI is InChI=1S/C29H43N7O10/c1-14(2)23(29(45)46)36-28(44)20(12-17-8-6-5-7-9-17)35-25(41)16(4)32-24(40)15(3)33-27(43)19(10-11-22(38)39)34-26(42)18(30)13-21(31)37/h5-9,14-16,18-20,23H,10-13,30H2,1-4H3,(H2,31,37)(H,32,40)(H,33,43)(H,34,42)(H,35,41)(H,36,44)(H,38,39)(H,45,46)/t15-,16-,18-,19-,20-,23-/m0/s1. The molecule has 6 amide bonds. The Morgan fingerprint density at radius 3 is 1.70 bits per heavy atom. The Labute approximate surface area is 265 Å². The molecule has 0 saturated heterocycles. The molecule has 0 fully saturated rings. The van der Waals surface area contributed by atoms with Crippen LogP contribution in [-0.2, 0) is 44.8 Å². The molecule has 0 aliphatic rings. The van der Waals surface area contributed by atoms with E-state index in [1.807, 2.05) is 0 Å². The summed E-state index contributed by atoms with van der Waals surface area (Å²) >= 11 is 0. The van der Waals surface area contributed by atoms with Crippen molar-refractivity contribution in [2.24, 2.45) is 17.4 Å². The molecule has 0 radical (unpaired) electrons. The second-order valence-corrected chi connectivity index (χ2v) is 11.1. The molecule has 0 heterocycles. The Kier molecular flexibility index (Phi) is 15.8. The summed E-state index contributed by atoms with van der Waals surface area (Å²) < 4.78 is 0. The number of carbonyl (C=O) groups excluding carboxylic acids is 6. The van der Waals surface area contributed by atoms with Crippen LogP contribution in [0.5, 0.6) is 0 Å². The van der Waals surface area contributed by atoms with Crippen molar-refractivity contribution < 1.29 is 48.6 Å². The molecule has 1 aromatic carbocycles. The first kappa shape index (κ1) is 39.0. The molecule has 0 aliphatic carbocycles. The molecular formula is C29H43N7O10. The van der Waals surface area contributed by atoms with Crippen molar-refractivity contribution in [2.45, 2.75) is 89.6 Å². The lowest BCUT2D eigenvalue weighted by atomic mass is 10.0. The fourth-order valence-corrected chi connectivity index (χ4v) is 4.03. The number of nitrogens with one attached hydrogen (secondary N) is 5. The molecule has 1 rings (SSSR count). The second kappa shape index (κ2) is 18.7. The predicted octanol–water partition coefficient (Wildman–Crippen LogP) is -2.50. The van der Waals surface area contributed by atoms with Crippen LogP contribution in [0, 0.1) is 5.92 Å². The second-order valence-electron chi connectivity index (χ2n) is 11.1. The summed E-state index contributed by atoms with van der Waals surface area (Å²) in [7, 11) is 0. The van der Waals surface area contributed by atoms with Crippen molar-refractivity contribution in [3.63, 3.8) is 0 Å². The first-order valence-corrected chi connectivity index (χ1v) is 14.5. The molecular weight excluding hydrogens is 606 g/mol. The maximum absolute atomic E-state index is 13.1. The molecule has 0 bridgehead atoms. The molecule has 46 heavy (non-hydrogen) atoms. The first-order valence-electron chi connectivity index (χ1n) is 14.5. The summed E-state index contributed by atoms with van der Waals surface area (Å²) in [6.07, 6.45) is -1.40. The zero-order valence-corrected chi connectivity index (χ0v) is 26.1. The van der Waals surface area contributed by atoms with Gasteiger partial charge in [-0.15, -0.1) is 0 Å². The SMILES string of the molecule is CC(C)[C@H](NC(=O)[C@H](Cc1ccccc1)NC(=O)[C@H](C)NC(=O)[C@H](C)NC(=O)[C@H](CCC(=O)O)NC(=O)[C@@H](N)CC(N)=O)C(=O)O. The highest BCUT2D eigenvalue weighted by molar-refractivity contribution is 5.96. The van der Waals surface area contributed by atoms with Gasteiger partial charge in [0.2, 0.25) is 35.4 Å². The average Bonchev–Trinajstić information content (AvgIpc) is 2.96. The predicted molar refractivity (Wildman–Crippen MR) is 162 cm³/mol. The minimum absolute atomic E-state index is 0.0164. The van der Waals surface area contributed by atoms with E-state index < -0.39 is 102 Å². The number of carbonyl (C=O) groups is 8. The zero-order chi connectivity index (χ0) is 35.1. The molecule has 0 aromatic heterocycles. The Morgan fingerprint density at radius 2 is 1.20 bits per heavy atom. The number of hydrogen-bond donors (Lipinski definition) is 9. The van der Waals surface area contributed by atoms with E-state index >= 15 is 0 Å². The van der Waals surface area contributed by atoms with E-state index in [1.165, 1.54) is 13.8 Å². The van der Waals surface area contributed by atoms with Gasteiger partial charge in [0.1, 0.15) is 30.2 Å². The number of primary amides is 1. The summed E-state index contributed by atoms with van der Waals surface area (Å²) in [6, 6.07) is 0.894. The van der Waals surface area contributed by atoms with Gasteiger partial charge in [-0.2, -0.15) is 0 Å². The van der Waals surface area contributed by atoms with E-state index in [-0.39, 0.29) is 12.8 Å². The highest BCUT2D eigenvalue weighted by Crippen LogP contribution is 2.07. The van der Waals surface area contributed by atoms with Crippen molar-refractivity contribution >= 4 is 47.4 Å². The quantitative estimate of drug-likeness (QED) is 0.0755. The summed E-state index contributed by atoms with van der Waals surface area (Å²) in [5.41, 5.74) is 11.3. The van der Waals surface area contributed by atoms with Crippen molar-refractivity contribution in [3.8, 4) is 0 Å². The number of nitrogens with two attached hydrogens (primary N) is 2. The number of hydrogen-bond acceptors (Lipinski definition) is 9. The van der Waals surface area contributed by atoms with Gasteiger partial charge in [-0.1, -0.05) is 44.2 Å². The van der Waals surface area contributed by atoms with E-state index in [9.17, 15) is 43.5 Å². The van der Waals surface area contributed by atoms with E-state index in [1.54, 1.807) is 44.2 Å². The Hall–Kier alpha value is -5.06. The van der Waals surface area contributed by atoms with Crippen molar-refractivity contribution in [3.05, 3.63) is 35.9 Å². The third-order valence-electron chi connectivity index (χ3n) is 6.69. The van der Waals surface area contributed by atoms with Gasteiger partial charge in [-0.25, -0.2) is 4.79 Å². The van der Waals surface area contributed by atoms with Crippen LogP contribution >= 0.6 is 0 Å². The van der Waals surface area contributed by atoms with E-state index in [4.69, 9.17) is 16.6 Å². The van der Waals surface area contributed by atoms with Crippen LogP contribution in [0.2, 0.25) is 0 Å². The van der Waals surface area contributed by atoms with Gasteiger partial charge in [-0.3, -0.25) is 33.6 Å². The van der Waals surface area contributed by atoms with E-state index in [0.29, 0.717) is 5.56 Å². The van der Waals surface area contributed by atoms with Gasteiger partial charge in [0.25, 0.3) is 0 Å². The maximum Gasteiger partial charge on any atom is 0.326 e. The summed E-state index contributed by atoms with van der Waals surface area (Å²) in [5, 5.41) is 30.4. The molecule has 0 unspecified atom stereocenters. The molecule has 6 atom stereocenters. The first-order chi connectivity index (χ1) is 21.4. The van der Waals surface area contributed by atoms with Gasteiger partial charge < -0.3 is 48.3 Å². The Balaban J connectivity index is 2.95. The van der Waals surface area contributed by atoms with E-state index in [2.05, 4.69) is 26.6 Å². The Bertz CT molecular complexity index is 1270. The molecule has 0 aliphatic heterocycles. The fraction of sp³-hybridized carbons (Fsp3) is 0.517. The maximum atomic E-state index is 13.1. The third-order valence-corrected chi connectivity index (χ3v) is 6.69. The minimum Gasteiger partial charge on any atom is -0.481 e. The smallest absolute Gasteiger partial charge is 0.326 e. The number of amides is 6. The lowest BCUT2D eigenvalue weighted by molar-refractivity contribution is -0.143. The van der Waals surface area contributed by atoms with Crippen LogP contribution in [0.4, 0.5) is 0 Å². The molecule has 0 saturated carbocycles. The topological polar surface area (TPSA) is 289 Å². The van der Waals surface area contributed by atoms with Crippen molar-refractivity contribution in [1.29, 1.82) is 0 Å². The van der Waals surface area contributed by atoms with Gasteiger partial charge in [0.05, 0.1) is 12.5 Å². The summed E-state index contributed by atoms with van der Waals surface area (Å²) in [5.74, 6) is -8.07. The number of rotatable bonds is 19. The molecule has 17 nitrogen and oxygen atoms in total. The Morgan fingerprint density at radius 1 is 0.696 bits per heavy atom. The lowest BCUT2D eigenvalue weighted by Crippen LogP contribution is -2.58. The van der Waals surface area contributed by atoms with Gasteiger partial charge >= 0.3 is 11.9 Å². The normalized spacial score (nSPS) is 14.7. The fourth-order valence-electron chi connectivity index (χ4n) is 4.03. The van der Waals surface area contributed by atoms with Crippen molar-refractivity contribution in [2.75, 3.05) is 0 Å².